The van der Waals surface area contributed by atoms with Crippen molar-refractivity contribution < 1.29 is 9.59 Å². The molecular weight excluding hydrogens is 256 g/mol. The summed E-state index contributed by atoms with van der Waals surface area (Å²) in [5.74, 6) is -0.125. The van der Waals surface area contributed by atoms with Crippen LogP contribution in [0.25, 0.3) is 0 Å². The Morgan fingerprint density at radius 2 is 1.95 bits per heavy atom. The van der Waals surface area contributed by atoms with Gasteiger partial charge < -0.3 is 4.90 Å². The summed E-state index contributed by atoms with van der Waals surface area (Å²) >= 11 is 0. The van der Waals surface area contributed by atoms with E-state index >= 15 is 0 Å². The average molecular weight is 276 g/mol. The number of aromatic nitrogens is 2. The van der Waals surface area contributed by atoms with Crippen molar-refractivity contribution in [3.8, 4) is 0 Å². The molecule has 1 aliphatic heterocycles. The maximum Gasteiger partial charge on any atom is 0.325 e. The van der Waals surface area contributed by atoms with E-state index in [2.05, 4.69) is 10.4 Å². The van der Waals surface area contributed by atoms with E-state index < -0.39 is 5.54 Å². The van der Waals surface area contributed by atoms with Crippen LogP contribution in [-0.2, 0) is 18.4 Å². The highest BCUT2D eigenvalue weighted by molar-refractivity contribution is 6.07. The highest BCUT2D eigenvalue weighted by Gasteiger charge is 2.52. The molecule has 1 saturated carbocycles. The number of hydrogen-bond donors (Lipinski definition) is 1. The van der Waals surface area contributed by atoms with Crippen LogP contribution in [0.15, 0.2) is 12.3 Å². The summed E-state index contributed by atoms with van der Waals surface area (Å²) in [6.45, 7) is 0.401. The second-order valence-corrected chi connectivity index (χ2v) is 5.77. The molecule has 20 heavy (non-hydrogen) atoms. The van der Waals surface area contributed by atoms with Gasteiger partial charge in [-0.1, -0.05) is 25.7 Å². The molecule has 0 radical (unpaired) electrons. The van der Waals surface area contributed by atoms with Gasteiger partial charge in [-0.25, -0.2) is 4.79 Å². The van der Waals surface area contributed by atoms with E-state index in [1.807, 2.05) is 19.3 Å². The lowest BCUT2D eigenvalue weighted by Gasteiger charge is -2.34. The Labute approximate surface area is 118 Å². The van der Waals surface area contributed by atoms with Crippen LogP contribution >= 0.6 is 0 Å². The molecule has 0 unspecified atom stereocenters. The van der Waals surface area contributed by atoms with Crippen LogP contribution in [0.3, 0.4) is 0 Å². The molecule has 1 spiro atoms. The third-order valence-electron chi connectivity index (χ3n) is 4.42. The molecule has 6 nitrogen and oxygen atoms in total. The number of carbonyl (C=O) groups excluding carboxylic acids is 2. The molecule has 3 amide bonds. The van der Waals surface area contributed by atoms with E-state index in [1.165, 1.54) is 0 Å². The van der Waals surface area contributed by atoms with E-state index in [1.54, 1.807) is 9.58 Å². The molecular formula is C14H20N4O2. The lowest BCUT2D eigenvalue weighted by atomic mass is 9.88. The Morgan fingerprint density at radius 3 is 2.55 bits per heavy atom. The van der Waals surface area contributed by atoms with Crippen LogP contribution in [0.2, 0.25) is 0 Å². The zero-order valence-corrected chi connectivity index (χ0v) is 11.8. The molecule has 1 N–H and O–H groups in total. The van der Waals surface area contributed by atoms with Crippen LogP contribution < -0.4 is 5.32 Å². The van der Waals surface area contributed by atoms with Crippen LogP contribution in [-0.4, -0.2) is 32.2 Å². The minimum absolute atomic E-state index is 0.125. The number of carbonyl (C=O) groups is 2. The third-order valence-corrected chi connectivity index (χ3v) is 4.42. The summed E-state index contributed by atoms with van der Waals surface area (Å²) in [5.41, 5.74) is 0.173. The molecule has 1 saturated heterocycles. The van der Waals surface area contributed by atoms with E-state index in [-0.39, 0.29) is 11.9 Å². The Hall–Kier alpha value is -1.85. The van der Waals surface area contributed by atoms with Gasteiger partial charge >= 0.3 is 6.03 Å². The number of amides is 3. The molecule has 1 aromatic heterocycles. The number of aryl methyl sites for hydroxylation is 1. The molecule has 0 atom stereocenters. The number of urea groups is 1. The fourth-order valence-corrected chi connectivity index (χ4v) is 3.34. The Bertz CT molecular complexity index is 529. The standard InChI is InChI=1S/C14H20N4O2/c1-17-9-6-11(16-17)10-18-13(20)15-12(19)14(18)7-4-2-3-5-8-14/h6,9H,2-5,7-8,10H2,1H3,(H,15,19,20). The SMILES string of the molecule is Cn1ccc(CN2C(=O)NC(=O)C23CCCCCC3)n1. The van der Waals surface area contributed by atoms with Crippen LogP contribution in [0.4, 0.5) is 4.79 Å². The predicted molar refractivity (Wildman–Crippen MR) is 72.7 cm³/mol. The summed E-state index contributed by atoms with van der Waals surface area (Å²) < 4.78 is 1.71. The summed E-state index contributed by atoms with van der Waals surface area (Å²) in [5, 5.41) is 6.81. The van der Waals surface area contributed by atoms with Crippen LogP contribution in [0.1, 0.15) is 44.2 Å². The topological polar surface area (TPSA) is 67.2 Å². The number of rotatable bonds is 2. The lowest BCUT2D eigenvalue weighted by molar-refractivity contribution is -0.127. The van der Waals surface area contributed by atoms with Gasteiger partial charge in [-0.2, -0.15) is 5.10 Å². The van der Waals surface area contributed by atoms with Crippen molar-refractivity contribution in [3.63, 3.8) is 0 Å². The van der Waals surface area contributed by atoms with E-state index in [0.717, 1.165) is 44.2 Å². The van der Waals surface area contributed by atoms with Crippen LogP contribution in [0.5, 0.6) is 0 Å². The van der Waals surface area contributed by atoms with Crippen molar-refractivity contribution in [1.82, 2.24) is 20.0 Å². The molecule has 6 heteroatoms. The van der Waals surface area contributed by atoms with Gasteiger partial charge in [-0.3, -0.25) is 14.8 Å². The van der Waals surface area contributed by atoms with E-state index in [9.17, 15) is 9.59 Å². The van der Waals surface area contributed by atoms with Gasteiger partial charge in [-0.15, -0.1) is 0 Å². The Kier molecular flexibility index (Phi) is 3.23. The molecule has 0 bridgehead atoms. The minimum Gasteiger partial charge on any atom is -0.304 e. The maximum absolute atomic E-state index is 12.3. The smallest absolute Gasteiger partial charge is 0.304 e. The molecule has 2 heterocycles. The molecule has 3 rings (SSSR count). The summed E-state index contributed by atoms with van der Waals surface area (Å²) in [4.78, 5) is 26.2. The summed E-state index contributed by atoms with van der Waals surface area (Å²) in [7, 11) is 1.85. The third kappa shape index (κ3) is 2.09. The van der Waals surface area contributed by atoms with Gasteiger partial charge in [0, 0.05) is 13.2 Å². The highest BCUT2D eigenvalue weighted by Crippen LogP contribution is 2.36. The normalized spacial score (nSPS) is 22.1. The fraction of sp³-hybridized carbons (Fsp3) is 0.643. The monoisotopic (exact) mass is 276 g/mol. The minimum atomic E-state index is -0.648. The van der Waals surface area contributed by atoms with Crippen molar-refractivity contribution in [3.05, 3.63) is 18.0 Å². The van der Waals surface area contributed by atoms with Crippen LogP contribution in [0, 0.1) is 0 Å². The van der Waals surface area contributed by atoms with Gasteiger partial charge in [0.25, 0.3) is 5.91 Å². The van der Waals surface area contributed by atoms with Gasteiger partial charge in [0.2, 0.25) is 0 Å². The van der Waals surface area contributed by atoms with Gasteiger partial charge in [0.05, 0.1) is 12.2 Å². The summed E-state index contributed by atoms with van der Waals surface area (Å²) in [6, 6.07) is 1.61. The zero-order valence-electron chi connectivity index (χ0n) is 11.8. The van der Waals surface area contributed by atoms with Gasteiger partial charge in [0.15, 0.2) is 0 Å². The second-order valence-electron chi connectivity index (χ2n) is 5.77. The molecule has 2 aliphatic rings. The van der Waals surface area contributed by atoms with E-state index in [4.69, 9.17) is 0 Å². The Morgan fingerprint density at radius 1 is 1.25 bits per heavy atom. The average Bonchev–Trinajstić information content (AvgIpc) is 2.80. The second kappa shape index (κ2) is 4.92. The lowest BCUT2D eigenvalue weighted by Crippen LogP contribution is -2.48. The van der Waals surface area contributed by atoms with Crippen molar-refractivity contribution in [2.24, 2.45) is 7.05 Å². The molecule has 2 fully saturated rings. The predicted octanol–water partition coefficient (Wildman–Crippen LogP) is 1.56. The quantitative estimate of drug-likeness (QED) is 0.834. The van der Waals surface area contributed by atoms with Crippen molar-refractivity contribution in [1.29, 1.82) is 0 Å². The van der Waals surface area contributed by atoms with Crippen molar-refractivity contribution in [2.75, 3.05) is 0 Å². The van der Waals surface area contributed by atoms with E-state index in [0.29, 0.717) is 6.54 Å². The molecule has 0 aromatic carbocycles. The van der Waals surface area contributed by atoms with Crippen molar-refractivity contribution in [2.45, 2.75) is 50.6 Å². The number of nitrogens with one attached hydrogen (secondary N) is 1. The zero-order chi connectivity index (χ0) is 14.2. The highest BCUT2D eigenvalue weighted by atomic mass is 16.2. The first-order valence-corrected chi connectivity index (χ1v) is 7.23. The molecule has 1 aliphatic carbocycles. The maximum atomic E-state index is 12.3. The number of nitrogens with zero attached hydrogens (tertiary/aromatic N) is 3. The number of imide groups is 1. The van der Waals surface area contributed by atoms with Gasteiger partial charge in [0.1, 0.15) is 5.54 Å². The molecule has 108 valence electrons. The fourth-order valence-electron chi connectivity index (χ4n) is 3.34. The first-order valence-electron chi connectivity index (χ1n) is 7.23. The molecule has 1 aromatic rings. The summed E-state index contributed by atoms with van der Waals surface area (Å²) in [6.07, 6.45) is 7.65. The first kappa shape index (κ1) is 13.1. The van der Waals surface area contributed by atoms with Crippen molar-refractivity contribution >= 4 is 11.9 Å². The van der Waals surface area contributed by atoms with Gasteiger partial charge in [-0.05, 0) is 18.9 Å². The largest absolute Gasteiger partial charge is 0.325 e. The number of hydrogen-bond acceptors (Lipinski definition) is 3. The first-order chi connectivity index (χ1) is 9.62. The Balaban J connectivity index is 1.88.